The van der Waals surface area contributed by atoms with Gasteiger partial charge >= 0.3 is 0 Å². The largest absolute Gasteiger partial charge is 0.359 e. The van der Waals surface area contributed by atoms with Crippen LogP contribution in [0.5, 0.6) is 0 Å². The molecule has 1 heterocycles. The summed E-state index contributed by atoms with van der Waals surface area (Å²) in [6.45, 7) is 17.1. The molecule has 1 aromatic heterocycles. The first-order valence-electron chi connectivity index (χ1n) is 17.8. The highest BCUT2D eigenvalue weighted by Crippen LogP contribution is 2.75. The maximum Gasteiger partial charge on any atom is 0.226 e. The summed E-state index contributed by atoms with van der Waals surface area (Å²) in [5.74, 6) is 1.52. The summed E-state index contributed by atoms with van der Waals surface area (Å²) in [5, 5.41) is 7.29. The van der Waals surface area contributed by atoms with Gasteiger partial charge in [0.05, 0.1) is 6.54 Å². The van der Waals surface area contributed by atoms with Gasteiger partial charge in [-0.3, -0.25) is 9.59 Å². The lowest BCUT2D eigenvalue weighted by atomic mass is 9.33. The number of hydrogen-bond acceptors (Lipinski definition) is 4. The number of hydrogen-bond donors (Lipinski definition) is 1. The van der Waals surface area contributed by atoms with E-state index in [1.54, 1.807) is 18.2 Å². The van der Waals surface area contributed by atoms with E-state index in [4.69, 9.17) is 4.52 Å². The molecular formula is C40H53FN2O3. The summed E-state index contributed by atoms with van der Waals surface area (Å²) in [5.41, 5.74) is 2.48. The molecule has 2 aromatic rings. The number of allylic oxidation sites excluding steroid dienone is 2. The standard InChI is InChI=1S/C40H53FN2O3/c1-35(2)14-8-15-38(5)32(35)13-16-40(7)33(38)31(44)22-28-29-23-37(4,18-17-36(29,3)19-20-39(28,40)6)34(45)42-24-27-21-30(43-46-27)25-9-11-26(41)12-10-25/h9-12,21-22,29,32-33H,8,13-20,23-24H2,1-7H3,(H,42,45)/t29-,32?,33?,36+,37-,38-,39-,40+/m0/s1. The van der Waals surface area contributed by atoms with Crippen LogP contribution in [-0.2, 0) is 16.1 Å². The Balaban J connectivity index is 1.14. The molecule has 1 aromatic carbocycles. The van der Waals surface area contributed by atoms with Crippen molar-refractivity contribution in [2.24, 2.45) is 50.2 Å². The van der Waals surface area contributed by atoms with E-state index in [1.807, 2.05) is 0 Å². The van der Waals surface area contributed by atoms with E-state index in [0.717, 1.165) is 50.5 Å². The molecule has 0 bridgehead atoms. The second kappa shape index (κ2) is 10.4. The van der Waals surface area contributed by atoms with Gasteiger partial charge in [-0.25, -0.2) is 4.39 Å². The van der Waals surface area contributed by atoms with Crippen LogP contribution in [0.1, 0.15) is 118 Å². The minimum Gasteiger partial charge on any atom is -0.359 e. The Morgan fingerprint density at radius 1 is 0.957 bits per heavy atom. The Hall–Kier alpha value is -2.76. The highest BCUT2D eigenvalue weighted by molar-refractivity contribution is 5.95. The molecule has 5 nitrogen and oxygen atoms in total. The Morgan fingerprint density at radius 3 is 2.41 bits per heavy atom. The van der Waals surface area contributed by atoms with Gasteiger partial charge in [-0.1, -0.05) is 65.6 Å². The molecule has 5 aliphatic carbocycles. The van der Waals surface area contributed by atoms with Crippen molar-refractivity contribution in [3.8, 4) is 11.3 Å². The molecule has 0 radical (unpaired) electrons. The van der Waals surface area contributed by atoms with Gasteiger partial charge in [0.15, 0.2) is 11.5 Å². The second-order valence-electron chi connectivity index (χ2n) is 18.0. The summed E-state index contributed by atoms with van der Waals surface area (Å²) < 4.78 is 18.9. The normalized spacial score (nSPS) is 41.3. The van der Waals surface area contributed by atoms with E-state index in [1.165, 1.54) is 37.0 Å². The zero-order chi connectivity index (χ0) is 32.9. The van der Waals surface area contributed by atoms with Crippen LogP contribution in [0.15, 0.2) is 46.5 Å². The van der Waals surface area contributed by atoms with Crippen molar-refractivity contribution < 1.29 is 18.5 Å². The smallest absolute Gasteiger partial charge is 0.226 e. The van der Waals surface area contributed by atoms with Crippen molar-refractivity contribution >= 4 is 11.7 Å². The van der Waals surface area contributed by atoms with Crippen LogP contribution in [0.4, 0.5) is 4.39 Å². The minimum atomic E-state index is -0.541. The number of carbonyl (C=O) groups is 2. The molecule has 46 heavy (non-hydrogen) atoms. The van der Waals surface area contributed by atoms with E-state index < -0.39 is 5.41 Å². The van der Waals surface area contributed by atoms with E-state index in [0.29, 0.717) is 23.2 Å². The number of halogens is 1. The molecule has 2 unspecified atom stereocenters. The summed E-state index contributed by atoms with van der Waals surface area (Å²) in [6.07, 6.45) is 12.9. The molecule has 4 fully saturated rings. The Bertz CT molecular complexity index is 1590. The lowest BCUT2D eigenvalue weighted by Gasteiger charge is -2.70. The maximum atomic E-state index is 14.6. The predicted octanol–water partition coefficient (Wildman–Crippen LogP) is 9.47. The fraction of sp³-hybridized carbons (Fsp3) is 0.675. The van der Waals surface area contributed by atoms with Gasteiger partial charge in [0.2, 0.25) is 5.91 Å². The molecule has 4 saturated carbocycles. The van der Waals surface area contributed by atoms with Crippen molar-refractivity contribution in [3.63, 3.8) is 0 Å². The molecule has 0 spiro atoms. The third-order valence-corrected chi connectivity index (χ3v) is 15.0. The lowest BCUT2D eigenvalue weighted by Crippen LogP contribution is -2.65. The van der Waals surface area contributed by atoms with Gasteiger partial charge in [0.25, 0.3) is 0 Å². The Labute approximate surface area is 274 Å². The van der Waals surface area contributed by atoms with Crippen molar-refractivity contribution in [2.75, 3.05) is 0 Å². The van der Waals surface area contributed by atoms with Crippen molar-refractivity contribution in [2.45, 2.75) is 119 Å². The van der Waals surface area contributed by atoms with Crippen LogP contribution in [0.2, 0.25) is 0 Å². The summed E-state index contributed by atoms with van der Waals surface area (Å²) in [4.78, 5) is 28.5. The molecule has 0 aliphatic heterocycles. The monoisotopic (exact) mass is 628 g/mol. The first kappa shape index (κ1) is 31.8. The number of carbonyl (C=O) groups excluding carboxylic acids is 2. The van der Waals surface area contributed by atoms with Crippen LogP contribution >= 0.6 is 0 Å². The number of fused-ring (bicyclic) bond motifs is 7. The van der Waals surface area contributed by atoms with Crippen LogP contribution in [0.3, 0.4) is 0 Å². The highest BCUT2D eigenvalue weighted by atomic mass is 19.1. The average Bonchev–Trinajstić information content (AvgIpc) is 3.47. The van der Waals surface area contributed by atoms with Gasteiger partial charge in [-0.2, -0.15) is 0 Å². The zero-order valence-corrected chi connectivity index (χ0v) is 29.0. The molecule has 0 saturated heterocycles. The summed E-state index contributed by atoms with van der Waals surface area (Å²) >= 11 is 0. The molecule has 8 atom stereocenters. The summed E-state index contributed by atoms with van der Waals surface area (Å²) in [7, 11) is 0. The number of nitrogens with zero attached hydrogens (tertiary/aromatic N) is 1. The third-order valence-electron chi connectivity index (χ3n) is 15.0. The highest BCUT2D eigenvalue weighted by Gasteiger charge is 2.69. The van der Waals surface area contributed by atoms with Crippen LogP contribution in [0, 0.1) is 56.1 Å². The van der Waals surface area contributed by atoms with E-state index in [-0.39, 0.29) is 57.2 Å². The number of nitrogens with one attached hydrogen (secondary N) is 1. The van der Waals surface area contributed by atoms with Crippen LogP contribution < -0.4 is 5.32 Å². The van der Waals surface area contributed by atoms with Crippen LogP contribution in [0.25, 0.3) is 11.3 Å². The molecular weight excluding hydrogens is 575 g/mol. The molecule has 6 heteroatoms. The Kier molecular flexibility index (Phi) is 7.17. The first-order chi connectivity index (χ1) is 21.5. The second-order valence-corrected chi connectivity index (χ2v) is 18.0. The fourth-order valence-electron chi connectivity index (χ4n) is 12.0. The van der Waals surface area contributed by atoms with Crippen molar-refractivity contribution in [3.05, 3.63) is 53.6 Å². The van der Waals surface area contributed by atoms with E-state index in [9.17, 15) is 14.0 Å². The zero-order valence-electron chi connectivity index (χ0n) is 29.0. The van der Waals surface area contributed by atoms with Crippen molar-refractivity contribution in [1.82, 2.24) is 10.5 Å². The quantitative estimate of drug-likeness (QED) is 0.366. The lowest BCUT2D eigenvalue weighted by molar-refractivity contribution is -0.185. The average molecular weight is 629 g/mol. The van der Waals surface area contributed by atoms with E-state index in [2.05, 4.69) is 65.0 Å². The van der Waals surface area contributed by atoms with Crippen molar-refractivity contribution in [1.29, 1.82) is 0 Å². The van der Waals surface area contributed by atoms with Gasteiger partial charge < -0.3 is 9.84 Å². The molecule has 1 amide bonds. The fourth-order valence-corrected chi connectivity index (χ4v) is 12.0. The number of rotatable bonds is 4. The maximum absolute atomic E-state index is 14.6. The summed E-state index contributed by atoms with van der Waals surface area (Å²) in [6, 6.07) is 7.94. The first-order valence-corrected chi connectivity index (χ1v) is 17.8. The van der Waals surface area contributed by atoms with Gasteiger partial charge in [0.1, 0.15) is 11.5 Å². The molecule has 5 aliphatic rings. The SMILES string of the molecule is CC1(C)CCC[C@@]2(C)C1CC[C@]1(C)C2C(=O)C=C2[C@@H]3C[C@@](C)(C(=O)NCc4cc(-c5ccc(F)cc5)no4)CC[C@]3(C)CC[C@@]21C. The van der Waals surface area contributed by atoms with Gasteiger partial charge in [-0.05, 0) is 127 Å². The number of aromatic nitrogens is 1. The van der Waals surface area contributed by atoms with Gasteiger partial charge in [0, 0.05) is 23.0 Å². The van der Waals surface area contributed by atoms with Gasteiger partial charge in [-0.15, -0.1) is 0 Å². The number of benzene rings is 1. The third kappa shape index (κ3) is 4.54. The van der Waals surface area contributed by atoms with E-state index >= 15 is 0 Å². The molecule has 7 rings (SSSR count). The Morgan fingerprint density at radius 2 is 1.67 bits per heavy atom. The molecule has 1 N–H and O–H groups in total. The van der Waals surface area contributed by atoms with Crippen LogP contribution in [-0.4, -0.2) is 16.8 Å². The molecule has 248 valence electrons. The minimum absolute atomic E-state index is 0.0332. The number of amides is 1. The topological polar surface area (TPSA) is 72.2 Å². The predicted molar refractivity (Wildman–Crippen MR) is 178 cm³/mol. The number of ketones is 1.